The lowest BCUT2D eigenvalue weighted by atomic mass is 10.3. The highest BCUT2D eigenvalue weighted by atomic mass is 79.9. The Morgan fingerprint density at radius 2 is 2.20 bits per heavy atom. The van der Waals surface area contributed by atoms with Gasteiger partial charge in [-0.05, 0) is 23.8 Å². The van der Waals surface area contributed by atoms with E-state index in [4.69, 9.17) is 15.4 Å². The van der Waals surface area contributed by atoms with Crippen LogP contribution in [0.2, 0.25) is 0 Å². The third-order valence-corrected chi connectivity index (χ3v) is 4.41. The van der Waals surface area contributed by atoms with E-state index in [2.05, 4.69) is 21.0 Å². The van der Waals surface area contributed by atoms with Crippen molar-refractivity contribution in [1.82, 2.24) is 9.78 Å². The maximum absolute atomic E-state index is 11.5. The van der Waals surface area contributed by atoms with Crippen molar-refractivity contribution < 1.29 is 13.2 Å². The van der Waals surface area contributed by atoms with E-state index in [9.17, 15) is 8.42 Å². The third-order valence-electron chi connectivity index (χ3n) is 2.58. The lowest BCUT2D eigenvalue weighted by Crippen LogP contribution is -2.04. The molecular formula is C12H12BrClN2O3S. The molecule has 0 aliphatic rings. The molecule has 8 heteroatoms. The van der Waals surface area contributed by atoms with Gasteiger partial charge in [0.05, 0.1) is 12.8 Å². The van der Waals surface area contributed by atoms with Gasteiger partial charge in [0.1, 0.15) is 10.6 Å². The molecule has 2 aromatic rings. The molecule has 0 bridgehead atoms. The van der Waals surface area contributed by atoms with Crippen LogP contribution in [-0.4, -0.2) is 24.8 Å². The topological polar surface area (TPSA) is 61.2 Å². The van der Waals surface area contributed by atoms with E-state index in [1.54, 1.807) is 23.0 Å². The van der Waals surface area contributed by atoms with Crippen molar-refractivity contribution in [2.75, 3.05) is 6.61 Å². The second-order valence-electron chi connectivity index (χ2n) is 4.15. The van der Waals surface area contributed by atoms with Crippen molar-refractivity contribution in [1.29, 1.82) is 0 Å². The van der Waals surface area contributed by atoms with E-state index < -0.39 is 9.05 Å². The molecule has 1 aromatic heterocycles. The molecule has 0 atom stereocenters. The van der Waals surface area contributed by atoms with Gasteiger partial charge in [-0.25, -0.2) is 8.42 Å². The number of nitrogens with zero attached hydrogens (tertiary/aromatic N) is 2. The monoisotopic (exact) mass is 378 g/mol. The number of hydrogen-bond donors (Lipinski definition) is 0. The summed E-state index contributed by atoms with van der Waals surface area (Å²) in [5, 5.41) is 4.05. The highest BCUT2D eigenvalue weighted by Gasteiger charge is 2.17. The molecule has 0 saturated heterocycles. The van der Waals surface area contributed by atoms with Crippen molar-refractivity contribution in [3.63, 3.8) is 0 Å². The standard InChI is InChI=1S/C12H12BrClN2O3S/c1-16-8-9(7-15-16)4-5-19-11-3-2-10(13)6-12(11)20(14,17)18/h2-3,6-8H,4-5H2,1H3. The summed E-state index contributed by atoms with van der Waals surface area (Å²) in [5.41, 5.74) is 1.01. The van der Waals surface area contributed by atoms with Crippen LogP contribution in [0.1, 0.15) is 5.56 Å². The first kappa shape index (κ1) is 15.3. The van der Waals surface area contributed by atoms with Crippen LogP contribution in [-0.2, 0) is 22.5 Å². The fourth-order valence-corrected chi connectivity index (χ4v) is 3.18. The Kier molecular flexibility index (Phi) is 4.72. The van der Waals surface area contributed by atoms with Gasteiger partial charge in [-0.1, -0.05) is 15.9 Å². The number of ether oxygens (including phenoxy) is 1. The minimum Gasteiger partial charge on any atom is -0.492 e. The summed E-state index contributed by atoms with van der Waals surface area (Å²) in [6, 6.07) is 4.69. The van der Waals surface area contributed by atoms with E-state index in [0.29, 0.717) is 17.5 Å². The van der Waals surface area contributed by atoms with Crippen molar-refractivity contribution in [2.24, 2.45) is 7.05 Å². The maximum atomic E-state index is 11.5. The fraction of sp³-hybridized carbons (Fsp3) is 0.250. The Bertz CT molecular complexity index is 715. The van der Waals surface area contributed by atoms with Crippen LogP contribution in [0.4, 0.5) is 0 Å². The second-order valence-corrected chi connectivity index (χ2v) is 7.60. The molecule has 0 amide bonds. The van der Waals surface area contributed by atoms with Crippen molar-refractivity contribution in [2.45, 2.75) is 11.3 Å². The fourth-order valence-electron chi connectivity index (χ4n) is 1.67. The van der Waals surface area contributed by atoms with Crippen LogP contribution in [0.3, 0.4) is 0 Å². The minimum atomic E-state index is -3.85. The molecule has 0 N–H and O–H groups in total. The predicted molar refractivity (Wildman–Crippen MR) is 79.6 cm³/mol. The van der Waals surface area contributed by atoms with Gasteiger partial charge in [0.15, 0.2) is 0 Å². The van der Waals surface area contributed by atoms with Crippen LogP contribution in [0.25, 0.3) is 0 Å². The van der Waals surface area contributed by atoms with Gasteiger partial charge >= 0.3 is 0 Å². The van der Waals surface area contributed by atoms with Crippen LogP contribution in [0.15, 0.2) is 40.0 Å². The second kappa shape index (κ2) is 6.15. The van der Waals surface area contributed by atoms with Gasteiger partial charge in [0.25, 0.3) is 9.05 Å². The predicted octanol–water partition coefficient (Wildman–Crippen LogP) is 2.73. The normalized spacial score (nSPS) is 11.6. The zero-order valence-corrected chi connectivity index (χ0v) is 13.7. The Morgan fingerprint density at radius 3 is 2.80 bits per heavy atom. The summed E-state index contributed by atoms with van der Waals surface area (Å²) in [7, 11) is 3.38. The Hall–Kier alpha value is -1.05. The number of halogens is 2. The molecular weight excluding hydrogens is 368 g/mol. The van der Waals surface area contributed by atoms with E-state index >= 15 is 0 Å². The SMILES string of the molecule is Cn1cc(CCOc2ccc(Br)cc2S(=O)(=O)Cl)cn1. The summed E-state index contributed by atoms with van der Waals surface area (Å²) in [6.07, 6.45) is 4.25. The van der Waals surface area contributed by atoms with Crippen LogP contribution in [0.5, 0.6) is 5.75 Å². The summed E-state index contributed by atoms with van der Waals surface area (Å²) in [4.78, 5) is -0.0419. The van der Waals surface area contributed by atoms with Gasteiger partial charge < -0.3 is 4.74 Å². The van der Waals surface area contributed by atoms with Gasteiger partial charge in [0.2, 0.25) is 0 Å². The lowest BCUT2D eigenvalue weighted by Gasteiger charge is -2.09. The Morgan fingerprint density at radius 1 is 1.45 bits per heavy atom. The zero-order valence-electron chi connectivity index (χ0n) is 10.6. The molecule has 1 heterocycles. The zero-order chi connectivity index (χ0) is 14.8. The van der Waals surface area contributed by atoms with E-state index in [-0.39, 0.29) is 10.6 Å². The number of aromatic nitrogens is 2. The first-order valence-electron chi connectivity index (χ1n) is 5.71. The molecule has 0 unspecified atom stereocenters. The first-order chi connectivity index (χ1) is 9.36. The maximum Gasteiger partial charge on any atom is 0.265 e. The molecule has 0 spiro atoms. The first-order valence-corrected chi connectivity index (χ1v) is 8.81. The largest absolute Gasteiger partial charge is 0.492 e. The number of hydrogen-bond acceptors (Lipinski definition) is 4. The van der Waals surface area contributed by atoms with Crippen LogP contribution < -0.4 is 4.74 Å². The summed E-state index contributed by atoms with van der Waals surface area (Å²) >= 11 is 3.21. The van der Waals surface area contributed by atoms with Gasteiger partial charge in [-0.2, -0.15) is 5.10 Å². The lowest BCUT2D eigenvalue weighted by molar-refractivity contribution is 0.313. The number of rotatable bonds is 5. The van der Waals surface area contributed by atoms with Gasteiger partial charge in [0, 0.05) is 34.8 Å². The Balaban J connectivity index is 2.10. The minimum absolute atomic E-state index is 0.0419. The number of benzene rings is 1. The smallest absolute Gasteiger partial charge is 0.265 e. The summed E-state index contributed by atoms with van der Waals surface area (Å²) < 4.78 is 30.8. The third kappa shape index (κ3) is 3.97. The summed E-state index contributed by atoms with van der Waals surface area (Å²) in [5.74, 6) is 0.243. The molecule has 20 heavy (non-hydrogen) atoms. The number of aryl methyl sites for hydroxylation is 1. The van der Waals surface area contributed by atoms with Crippen molar-refractivity contribution in [3.8, 4) is 5.75 Å². The van der Waals surface area contributed by atoms with Crippen molar-refractivity contribution >= 4 is 35.7 Å². The molecule has 2 rings (SSSR count). The van der Waals surface area contributed by atoms with Crippen LogP contribution in [0, 0.1) is 0 Å². The molecule has 0 aliphatic carbocycles. The molecule has 0 aliphatic heterocycles. The molecule has 108 valence electrons. The van der Waals surface area contributed by atoms with E-state index in [0.717, 1.165) is 5.56 Å². The van der Waals surface area contributed by atoms with E-state index in [1.807, 2.05) is 13.2 Å². The quantitative estimate of drug-likeness (QED) is 0.750. The molecule has 1 aromatic carbocycles. The summed E-state index contributed by atoms with van der Waals surface area (Å²) in [6.45, 7) is 0.340. The average Bonchev–Trinajstić information content (AvgIpc) is 2.76. The highest BCUT2D eigenvalue weighted by molar-refractivity contribution is 9.10. The van der Waals surface area contributed by atoms with E-state index in [1.165, 1.54) is 6.07 Å². The van der Waals surface area contributed by atoms with Gasteiger partial charge in [-0.3, -0.25) is 4.68 Å². The molecule has 0 saturated carbocycles. The molecule has 0 fully saturated rings. The highest BCUT2D eigenvalue weighted by Crippen LogP contribution is 2.30. The Labute approximate surface area is 130 Å². The van der Waals surface area contributed by atoms with Crippen LogP contribution >= 0.6 is 26.6 Å². The molecule has 0 radical (unpaired) electrons. The van der Waals surface area contributed by atoms with Crippen molar-refractivity contribution in [3.05, 3.63) is 40.6 Å². The van der Waals surface area contributed by atoms with Gasteiger partial charge in [-0.15, -0.1) is 0 Å². The molecule has 5 nitrogen and oxygen atoms in total. The average molecular weight is 380 g/mol.